The number of anilines is 1. The van der Waals surface area contributed by atoms with Crippen LogP contribution in [0.2, 0.25) is 0 Å². The highest BCUT2D eigenvalue weighted by Gasteiger charge is 2.06. The Morgan fingerprint density at radius 3 is 2.42 bits per heavy atom. The molecule has 0 bridgehead atoms. The van der Waals surface area contributed by atoms with Gasteiger partial charge in [-0.3, -0.25) is 4.79 Å². The van der Waals surface area contributed by atoms with E-state index in [1.807, 2.05) is 45.0 Å². The molecule has 136 valence electrons. The van der Waals surface area contributed by atoms with Gasteiger partial charge in [0, 0.05) is 31.8 Å². The van der Waals surface area contributed by atoms with Crippen molar-refractivity contribution in [2.45, 2.75) is 27.3 Å². The number of amides is 1. The van der Waals surface area contributed by atoms with Crippen LogP contribution in [0, 0.1) is 5.92 Å². The van der Waals surface area contributed by atoms with Gasteiger partial charge in [0.2, 0.25) is 5.91 Å². The molecule has 0 aromatic heterocycles. The summed E-state index contributed by atoms with van der Waals surface area (Å²) in [5, 5.41) is 9.26. The van der Waals surface area contributed by atoms with E-state index in [1.165, 1.54) is 0 Å². The average molecular weight is 448 g/mol. The summed E-state index contributed by atoms with van der Waals surface area (Å²) in [5.74, 6) is 0.759. The molecule has 0 saturated heterocycles. The van der Waals surface area contributed by atoms with Crippen LogP contribution in [-0.2, 0) is 16.1 Å². The van der Waals surface area contributed by atoms with Crippen LogP contribution in [0.4, 0.5) is 5.69 Å². The minimum atomic E-state index is -0.0277. The van der Waals surface area contributed by atoms with E-state index in [9.17, 15) is 4.79 Å². The maximum Gasteiger partial charge on any atom is 0.226 e. The molecule has 1 aromatic carbocycles. The van der Waals surface area contributed by atoms with Crippen LogP contribution < -0.4 is 16.0 Å². The van der Waals surface area contributed by atoms with Gasteiger partial charge in [0.1, 0.15) is 0 Å². The number of nitrogens with one attached hydrogen (secondary N) is 3. The quantitative estimate of drug-likeness (QED) is 0.248. The number of hydrogen-bond donors (Lipinski definition) is 3. The predicted molar refractivity (Wildman–Crippen MR) is 110 cm³/mol. The number of methoxy groups -OCH3 is 1. The first kappa shape index (κ1) is 22.6. The fourth-order valence-corrected chi connectivity index (χ4v) is 1.76. The van der Waals surface area contributed by atoms with E-state index in [2.05, 4.69) is 20.9 Å². The third kappa shape index (κ3) is 9.07. The average Bonchev–Trinajstić information content (AvgIpc) is 2.54. The lowest BCUT2D eigenvalue weighted by Gasteiger charge is -2.11. The van der Waals surface area contributed by atoms with E-state index in [4.69, 9.17) is 4.74 Å². The smallest absolute Gasteiger partial charge is 0.226 e. The summed E-state index contributed by atoms with van der Waals surface area (Å²) < 4.78 is 5.01. The first-order valence-corrected chi connectivity index (χ1v) is 7.97. The third-order valence-corrected chi connectivity index (χ3v) is 3.11. The molecule has 0 saturated carbocycles. The zero-order valence-electron chi connectivity index (χ0n) is 14.9. The molecule has 24 heavy (non-hydrogen) atoms. The second kappa shape index (κ2) is 13.0. The molecule has 0 heterocycles. The van der Waals surface area contributed by atoms with E-state index in [0.29, 0.717) is 19.7 Å². The standard InChI is InChI=1S/C17H28N4O2.HI/c1-5-18-17(19-10-11-23-4)20-12-14-6-8-15(9-7-14)21-16(22)13(2)3;/h6-9,13H,5,10-12H2,1-4H3,(H,21,22)(H2,18,19,20);1H. The number of nitrogens with zero attached hydrogens (tertiary/aromatic N) is 1. The largest absolute Gasteiger partial charge is 0.383 e. The summed E-state index contributed by atoms with van der Waals surface area (Å²) >= 11 is 0. The number of carbonyl (C=O) groups excluding carboxylic acids is 1. The van der Waals surface area contributed by atoms with Crippen molar-refractivity contribution >= 4 is 41.5 Å². The maximum absolute atomic E-state index is 11.6. The second-order valence-electron chi connectivity index (χ2n) is 5.46. The molecule has 1 amide bonds. The van der Waals surface area contributed by atoms with Crippen LogP contribution >= 0.6 is 24.0 Å². The molecule has 0 aliphatic rings. The number of carbonyl (C=O) groups is 1. The SMILES string of the molecule is CCNC(=NCc1ccc(NC(=O)C(C)C)cc1)NCCOC.I. The summed E-state index contributed by atoms with van der Waals surface area (Å²) in [7, 11) is 1.67. The summed E-state index contributed by atoms with van der Waals surface area (Å²) in [4.78, 5) is 16.2. The maximum atomic E-state index is 11.6. The first-order valence-electron chi connectivity index (χ1n) is 7.97. The molecule has 0 unspecified atom stereocenters. The van der Waals surface area contributed by atoms with Crippen molar-refractivity contribution in [2.75, 3.05) is 32.1 Å². The lowest BCUT2D eigenvalue weighted by Crippen LogP contribution is -2.38. The number of rotatable bonds is 8. The Bertz CT molecular complexity index is 504. The highest BCUT2D eigenvalue weighted by Crippen LogP contribution is 2.11. The van der Waals surface area contributed by atoms with Crippen LogP contribution in [0.25, 0.3) is 0 Å². The van der Waals surface area contributed by atoms with Crippen LogP contribution in [0.5, 0.6) is 0 Å². The van der Waals surface area contributed by atoms with Crippen LogP contribution in [0.15, 0.2) is 29.3 Å². The van der Waals surface area contributed by atoms with E-state index in [0.717, 1.165) is 23.8 Å². The molecular formula is C17H29IN4O2. The van der Waals surface area contributed by atoms with Gasteiger partial charge in [-0.25, -0.2) is 4.99 Å². The molecule has 0 fully saturated rings. The van der Waals surface area contributed by atoms with Gasteiger partial charge in [-0.15, -0.1) is 24.0 Å². The molecule has 1 aromatic rings. The Kier molecular flexibility index (Phi) is 12.3. The van der Waals surface area contributed by atoms with Gasteiger partial charge in [0.05, 0.1) is 13.2 Å². The fourth-order valence-electron chi connectivity index (χ4n) is 1.76. The molecular weight excluding hydrogens is 419 g/mol. The van der Waals surface area contributed by atoms with Crippen molar-refractivity contribution in [1.29, 1.82) is 0 Å². The monoisotopic (exact) mass is 448 g/mol. The highest BCUT2D eigenvalue weighted by molar-refractivity contribution is 14.0. The number of aliphatic imine (C=N–C) groups is 1. The van der Waals surface area contributed by atoms with Crippen molar-refractivity contribution in [3.8, 4) is 0 Å². The first-order chi connectivity index (χ1) is 11.1. The second-order valence-corrected chi connectivity index (χ2v) is 5.46. The molecule has 3 N–H and O–H groups in total. The molecule has 0 spiro atoms. The minimum Gasteiger partial charge on any atom is -0.383 e. The van der Waals surface area contributed by atoms with Gasteiger partial charge >= 0.3 is 0 Å². The molecule has 6 nitrogen and oxygen atoms in total. The molecule has 1 rings (SSSR count). The molecule has 7 heteroatoms. The Labute approximate surface area is 161 Å². The number of halogens is 1. The highest BCUT2D eigenvalue weighted by atomic mass is 127. The van der Waals surface area contributed by atoms with Crippen molar-refractivity contribution in [1.82, 2.24) is 10.6 Å². The van der Waals surface area contributed by atoms with E-state index >= 15 is 0 Å². The van der Waals surface area contributed by atoms with Crippen LogP contribution in [0.3, 0.4) is 0 Å². The third-order valence-electron chi connectivity index (χ3n) is 3.11. The minimum absolute atomic E-state index is 0. The topological polar surface area (TPSA) is 74.8 Å². The lowest BCUT2D eigenvalue weighted by atomic mass is 10.2. The zero-order valence-corrected chi connectivity index (χ0v) is 17.2. The lowest BCUT2D eigenvalue weighted by molar-refractivity contribution is -0.118. The molecule has 0 atom stereocenters. The van der Waals surface area contributed by atoms with Gasteiger partial charge in [0.15, 0.2) is 5.96 Å². The fraction of sp³-hybridized carbons (Fsp3) is 0.529. The zero-order chi connectivity index (χ0) is 17.1. The van der Waals surface area contributed by atoms with E-state index in [-0.39, 0.29) is 35.8 Å². The Hall–Kier alpha value is -1.35. The van der Waals surface area contributed by atoms with Gasteiger partial charge in [-0.2, -0.15) is 0 Å². The molecule has 0 aliphatic heterocycles. The van der Waals surface area contributed by atoms with Crippen LogP contribution in [-0.4, -0.2) is 38.7 Å². The molecule has 0 radical (unpaired) electrons. The summed E-state index contributed by atoms with van der Waals surface area (Å²) in [6, 6.07) is 7.74. The predicted octanol–water partition coefficient (Wildman–Crippen LogP) is 2.60. The Morgan fingerprint density at radius 1 is 1.21 bits per heavy atom. The Morgan fingerprint density at radius 2 is 1.88 bits per heavy atom. The van der Waals surface area contributed by atoms with E-state index < -0.39 is 0 Å². The van der Waals surface area contributed by atoms with Crippen molar-refractivity contribution in [3.63, 3.8) is 0 Å². The number of guanidine groups is 1. The van der Waals surface area contributed by atoms with Gasteiger partial charge in [-0.05, 0) is 24.6 Å². The Balaban J connectivity index is 0.00000529. The number of ether oxygens (including phenoxy) is 1. The van der Waals surface area contributed by atoms with Gasteiger partial charge < -0.3 is 20.7 Å². The van der Waals surface area contributed by atoms with Crippen molar-refractivity contribution in [3.05, 3.63) is 29.8 Å². The summed E-state index contributed by atoms with van der Waals surface area (Å²) in [6.45, 7) is 8.49. The summed E-state index contributed by atoms with van der Waals surface area (Å²) in [6.07, 6.45) is 0. The van der Waals surface area contributed by atoms with Gasteiger partial charge in [-0.1, -0.05) is 26.0 Å². The summed E-state index contributed by atoms with van der Waals surface area (Å²) in [5.41, 5.74) is 1.89. The number of hydrogen-bond acceptors (Lipinski definition) is 3. The normalized spacial score (nSPS) is 11.0. The van der Waals surface area contributed by atoms with Crippen molar-refractivity contribution < 1.29 is 9.53 Å². The van der Waals surface area contributed by atoms with Crippen molar-refractivity contribution in [2.24, 2.45) is 10.9 Å². The van der Waals surface area contributed by atoms with Crippen LogP contribution in [0.1, 0.15) is 26.3 Å². The van der Waals surface area contributed by atoms with E-state index in [1.54, 1.807) is 7.11 Å². The number of benzene rings is 1. The molecule has 0 aliphatic carbocycles. The van der Waals surface area contributed by atoms with Gasteiger partial charge in [0.25, 0.3) is 0 Å².